The molecule has 2 aliphatic rings. The van der Waals surface area contributed by atoms with Gasteiger partial charge in [-0.1, -0.05) is 18.5 Å². The van der Waals surface area contributed by atoms with Gasteiger partial charge in [0, 0.05) is 6.42 Å². The molecule has 2 N–H and O–H groups in total. The van der Waals surface area contributed by atoms with Gasteiger partial charge >= 0.3 is 0 Å². The van der Waals surface area contributed by atoms with Gasteiger partial charge in [-0.15, -0.1) is 0 Å². The van der Waals surface area contributed by atoms with E-state index in [0.717, 1.165) is 50.4 Å². The van der Waals surface area contributed by atoms with Crippen molar-refractivity contribution in [2.24, 2.45) is 11.7 Å². The molecule has 0 radical (unpaired) electrons. The highest BCUT2D eigenvalue weighted by molar-refractivity contribution is 5.06. The number of aromatic nitrogens is 2. The Morgan fingerprint density at radius 1 is 1.35 bits per heavy atom. The van der Waals surface area contributed by atoms with E-state index in [1.807, 2.05) is 0 Å². The average molecular weight is 279 g/mol. The summed E-state index contributed by atoms with van der Waals surface area (Å²) in [5.74, 6) is 2.66. The average Bonchev–Trinajstić information content (AvgIpc) is 3.18. The second-order valence-corrected chi connectivity index (χ2v) is 6.15. The number of nitrogens with zero attached hydrogens (tertiary/aromatic N) is 2. The van der Waals surface area contributed by atoms with Crippen LogP contribution in [-0.2, 0) is 11.2 Å². The Morgan fingerprint density at radius 2 is 2.25 bits per heavy atom. The molecule has 3 heterocycles. The third-order valence-electron chi connectivity index (χ3n) is 4.84. The number of rotatable bonds is 7. The second kappa shape index (κ2) is 6.22. The molecular weight excluding hydrogens is 254 g/mol. The summed E-state index contributed by atoms with van der Waals surface area (Å²) < 4.78 is 11.3. The van der Waals surface area contributed by atoms with Gasteiger partial charge in [-0.2, -0.15) is 4.98 Å². The van der Waals surface area contributed by atoms with Crippen LogP contribution in [0, 0.1) is 5.92 Å². The summed E-state index contributed by atoms with van der Waals surface area (Å²) in [7, 11) is 0. The molecule has 1 aromatic rings. The van der Waals surface area contributed by atoms with E-state index in [1.165, 1.54) is 12.8 Å². The summed E-state index contributed by atoms with van der Waals surface area (Å²) in [6.07, 6.45) is 8.36. The van der Waals surface area contributed by atoms with Crippen LogP contribution in [0.5, 0.6) is 0 Å². The van der Waals surface area contributed by atoms with E-state index in [4.69, 9.17) is 15.0 Å². The van der Waals surface area contributed by atoms with Crippen molar-refractivity contribution < 1.29 is 9.26 Å². The Morgan fingerprint density at radius 3 is 2.90 bits per heavy atom. The summed E-state index contributed by atoms with van der Waals surface area (Å²) in [5.41, 5.74) is 5.63. The van der Waals surface area contributed by atoms with Gasteiger partial charge in [0.1, 0.15) is 0 Å². The molecule has 3 rings (SSSR count). The molecule has 5 nitrogen and oxygen atoms in total. The van der Waals surface area contributed by atoms with Gasteiger partial charge in [0.25, 0.3) is 0 Å². The molecule has 4 unspecified atom stereocenters. The molecule has 0 aromatic carbocycles. The topological polar surface area (TPSA) is 74.2 Å². The lowest BCUT2D eigenvalue weighted by molar-refractivity contribution is 0.0996. The zero-order valence-corrected chi connectivity index (χ0v) is 12.3. The Labute approximate surface area is 120 Å². The van der Waals surface area contributed by atoms with E-state index in [0.29, 0.717) is 24.0 Å². The highest BCUT2D eigenvalue weighted by atomic mass is 16.5. The lowest BCUT2D eigenvalue weighted by Crippen LogP contribution is -2.15. The third kappa shape index (κ3) is 2.88. The zero-order chi connectivity index (χ0) is 13.9. The molecule has 4 atom stereocenters. The van der Waals surface area contributed by atoms with E-state index in [1.54, 1.807) is 0 Å². The summed E-state index contributed by atoms with van der Waals surface area (Å²) >= 11 is 0. The number of hydrogen-bond donors (Lipinski definition) is 1. The summed E-state index contributed by atoms with van der Waals surface area (Å²) in [4.78, 5) is 4.59. The lowest BCUT2D eigenvalue weighted by Gasteiger charge is -2.13. The largest absolute Gasteiger partial charge is 0.374 e. The normalized spacial score (nSPS) is 30.0. The highest BCUT2D eigenvalue weighted by Gasteiger charge is 2.43. The minimum Gasteiger partial charge on any atom is -0.374 e. The Hall–Kier alpha value is -0.940. The number of ether oxygens (including phenoxy) is 1. The van der Waals surface area contributed by atoms with Gasteiger partial charge in [-0.05, 0) is 44.6 Å². The maximum atomic E-state index is 5.86. The van der Waals surface area contributed by atoms with Gasteiger partial charge in [0.15, 0.2) is 5.82 Å². The van der Waals surface area contributed by atoms with Crippen LogP contribution < -0.4 is 5.73 Å². The molecule has 112 valence electrons. The van der Waals surface area contributed by atoms with Crippen LogP contribution in [0.25, 0.3) is 0 Å². The summed E-state index contributed by atoms with van der Waals surface area (Å²) in [6.45, 7) is 2.97. The van der Waals surface area contributed by atoms with Gasteiger partial charge < -0.3 is 15.0 Å². The molecule has 2 saturated heterocycles. The maximum Gasteiger partial charge on any atom is 0.226 e. The minimum absolute atomic E-state index is 0.325. The number of nitrogens with two attached hydrogens (primary N) is 1. The van der Waals surface area contributed by atoms with E-state index in [-0.39, 0.29) is 0 Å². The van der Waals surface area contributed by atoms with Gasteiger partial charge in [-0.25, -0.2) is 0 Å². The van der Waals surface area contributed by atoms with Crippen molar-refractivity contribution in [3.8, 4) is 0 Å². The van der Waals surface area contributed by atoms with Crippen molar-refractivity contribution in [3.63, 3.8) is 0 Å². The fourth-order valence-electron chi connectivity index (χ4n) is 3.55. The summed E-state index contributed by atoms with van der Waals surface area (Å²) in [5, 5.41) is 4.18. The number of hydrogen-bond acceptors (Lipinski definition) is 5. The molecule has 2 bridgehead atoms. The number of aryl methyl sites for hydroxylation is 1. The molecule has 2 fully saturated rings. The fourth-order valence-corrected chi connectivity index (χ4v) is 3.55. The predicted molar refractivity (Wildman–Crippen MR) is 75.3 cm³/mol. The van der Waals surface area contributed by atoms with Crippen LogP contribution in [0.4, 0.5) is 0 Å². The minimum atomic E-state index is 0.325. The van der Waals surface area contributed by atoms with Crippen molar-refractivity contribution >= 4 is 0 Å². The van der Waals surface area contributed by atoms with Crippen molar-refractivity contribution in [2.45, 2.75) is 70.0 Å². The first kappa shape index (κ1) is 14.0. The van der Waals surface area contributed by atoms with Crippen molar-refractivity contribution in [1.82, 2.24) is 10.1 Å². The van der Waals surface area contributed by atoms with E-state index >= 15 is 0 Å². The van der Waals surface area contributed by atoms with Crippen LogP contribution in [0.1, 0.15) is 63.1 Å². The van der Waals surface area contributed by atoms with Gasteiger partial charge in [-0.3, -0.25) is 0 Å². The molecule has 1 aromatic heterocycles. The molecule has 0 spiro atoms. The first-order valence-electron chi connectivity index (χ1n) is 7.98. The van der Waals surface area contributed by atoms with Crippen molar-refractivity contribution in [1.29, 1.82) is 0 Å². The van der Waals surface area contributed by atoms with Crippen LogP contribution in [0.2, 0.25) is 0 Å². The fraction of sp³-hybridized carbons (Fsp3) is 0.867. The van der Waals surface area contributed by atoms with Crippen LogP contribution >= 0.6 is 0 Å². The number of fused-ring (bicyclic) bond motifs is 2. The van der Waals surface area contributed by atoms with Gasteiger partial charge in [0.05, 0.1) is 18.1 Å². The highest BCUT2D eigenvalue weighted by Crippen LogP contribution is 2.43. The molecule has 0 amide bonds. The van der Waals surface area contributed by atoms with E-state index < -0.39 is 0 Å². The standard InChI is InChI=1S/C15H25N3O2/c1-2-10(7-8-16)3-6-14-17-15(18-20-14)12-9-11-4-5-13(12)19-11/h10-13H,2-9,16H2,1H3. The molecule has 2 aliphatic heterocycles. The first-order chi connectivity index (χ1) is 9.80. The molecule has 5 heteroatoms. The zero-order valence-electron chi connectivity index (χ0n) is 12.3. The lowest BCUT2D eigenvalue weighted by atomic mass is 9.89. The predicted octanol–water partition coefficient (Wildman–Crippen LogP) is 2.41. The molecule has 20 heavy (non-hydrogen) atoms. The molecule has 0 aliphatic carbocycles. The Bertz CT molecular complexity index is 435. The SMILES string of the molecule is CCC(CCN)CCc1nc(C2CC3CCC2O3)no1. The first-order valence-corrected chi connectivity index (χ1v) is 7.98. The third-order valence-corrected chi connectivity index (χ3v) is 4.84. The summed E-state index contributed by atoms with van der Waals surface area (Å²) in [6, 6.07) is 0. The quantitative estimate of drug-likeness (QED) is 0.829. The van der Waals surface area contributed by atoms with E-state index in [9.17, 15) is 0 Å². The molecule has 0 saturated carbocycles. The second-order valence-electron chi connectivity index (χ2n) is 6.15. The van der Waals surface area contributed by atoms with Gasteiger partial charge in [0.2, 0.25) is 5.89 Å². The van der Waals surface area contributed by atoms with Crippen LogP contribution in [0.15, 0.2) is 4.52 Å². The monoisotopic (exact) mass is 279 g/mol. The van der Waals surface area contributed by atoms with Crippen LogP contribution in [-0.4, -0.2) is 28.9 Å². The Kier molecular flexibility index (Phi) is 4.36. The van der Waals surface area contributed by atoms with E-state index in [2.05, 4.69) is 17.1 Å². The van der Waals surface area contributed by atoms with Crippen molar-refractivity contribution in [3.05, 3.63) is 11.7 Å². The molecular formula is C15H25N3O2. The van der Waals surface area contributed by atoms with Crippen LogP contribution in [0.3, 0.4) is 0 Å². The maximum absolute atomic E-state index is 5.86. The van der Waals surface area contributed by atoms with Crippen molar-refractivity contribution in [2.75, 3.05) is 6.54 Å². The smallest absolute Gasteiger partial charge is 0.226 e. The Balaban J connectivity index is 1.54.